The van der Waals surface area contributed by atoms with Gasteiger partial charge in [-0.15, -0.1) is 11.8 Å². The molecule has 0 atom stereocenters. The zero-order chi connectivity index (χ0) is 12.4. The molecule has 2 aromatic carbocycles. The fraction of sp³-hybridized carbons (Fsp3) is 0.375. The van der Waals surface area contributed by atoms with Crippen molar-refractivity contribution >= 4 is 22.5 Å². The molecule has 90 valence electrons. The molecule has 17 heavy (non-hydrogen) atoms. The number of benzene rings is 2. The van der Waals surface area contributed by atoms with Gasteiger partial charge in [0.05, 0.1) is 0 Å². The van der Waals surface area contributed by atoms with Crippen LogP contribution >= 0.6 is 11.8 Å². The Morgan fingerprint density at radius 1 is 0.824 bits per heavy atom. The zero-order valence-electron chi connectivity index (χ0n) is 11.0. The van der Waals surface area contributed by atoms with Crippen LogP contribution in [0, 0.1) is 0 Å². The summed E-state index contributed by atoms with van der Waals surface area (Å²) < 4.78 is 0. The molecular formula is C16H20S. The average molecular weight is 244 g/mol. The molecule has 0 unspecified atom stereocenters. The molecule has 0 saturated carbocycles. The predicted octanol–water partition coefficient (Wildman–Crippen LogP) is 5.46. The maximum absolute atomic E-state index is 2.29. The lowest BCUT2D eigenvalue weighted by Crippen LogP contribution is -1.92. The lowest BCUT2D eigenvalue weighted by Gasteiger charge is -2.14. The van der Waals surface area contributed by atoms with Gasteiger partial charge in [-0.05, 0) is 28.3 Å². The van der Waals surface area contributed by atoms with Gasteiger partial charge < -0.3 is 0 Å². The Morgan fingerprint density at radius 3 is 2.06 bits per heavy atom. The van der Waals surface area contributed by atoms with Gasteiger partial charge in [-0.1, -0.05) is 58.0 Å². The van der Waals surface area contributed by atoms with Crippen LogP contribution in [0.1, 0.15) is 39.2 Å². The second kappa shape index (κ2) is 5.14. The largest absolute Gasteiger partial charge is 0.123 e. The van der Waals surface area contributed by atoms with E-state index in [1.165, 1.54) is 21.2 Å². The smallest absolute Gasteiger partial charge is 0.0153 e. The third kappa shape index (κ3) is 2.66. The van der Waals surface area contributed by atoms with Crippen molar-refractivity contribution in [3.05, 3.63) is 42.0 Å². The summed E-state index contributed by atoms with van der Waals surface area (Å²) in [6.45, 7) is 9.01. The van der Waals surface area contributed by atoms with E-state index in [4.69, 9.17) is 0 Å². The Balaban J connectivity index is 2.62. The van der Waals surface area contributed by atoms with Gasteiger partial charge in [0.15, 0.2) is 0 Å². The summed E-state index contributed by atoms with van der Waals surface area (Å²) in [6.07, 6.45) is 0. The molecule has 0 aliphatic rings. The van der Waals surface area contributed by atoms with Crippen LogP contribution in [0.4, 0.5) is 0 Å². The highest BCUT2D eigenvalue weighted by Gasteiger charge is 2.09. The fourth-order valence-corrected chi connectivity index (χ4v) is 3.11. The molecule has 0 saturated heterocycles. The minimum atomic E-state index is 0.581. The van der Waals surface area contributed by atoms with Crippen LogP contribution in [0.15, 0.2) is 41.3 Å². The fourth-order valence-electron chi connectivity index (χ4n) is 2.15. The Morgan fingerprint density at radius 2 is 1.47 bits per heavy atom. The highest BCUT2D eigenvalue weighted by atomic mass is 32.2. The number of fused-ring (bicyclic) bond motifs is 1. The molecule has 2 rings (SSSR count). The summed E-state index contributed by atoms with van der Waals surface area (Å²) in [7, 11) is 0. The summed E-state index contributed by atoms with van der Waals surface area (Å²) in [5.74, 6) is 0.581. The van der Waals surface area contributed by atoms with Crippen LogP contribution in [0.2, 0.25) is 0 Å². The summed E-state index contributed by atoms with van der Waals surface area (Å²) in [5.41, 5.74) is 1.45. The highest BCUT2D eigenvalue weighted by Crippen LogP contribution is 2.34. The van der Waals surface area contributed by atoms with E-state index in [-0.39, 0.29) is 0 Å². The van der Waals surface area contributed by atoms with E-state index in [1.54, 1.807) is 0 Å². The average Bonchev–Trinajstić information content (AvgIpc) is 2.28. The second-order valence-corrected chi connectivity index (χ2v) is 6.64. The van der Waals surface area contributed by atoms with Gasteiger partial charge in [-0.25, -0.2) is 0 Å². The third-order valence-corrected chi connectivity index (χ3v) is 3.98. The molecule has 0 heterocycles. The standard InChI is InChI=1S/C16H20S/c1-11(2)13-9-10-16(17-12(3)4)15-8-6-5-7-14(13)15/h5-12H,1-4H3. The van der Waals surface area contributed by atoms with Crippen LogP contribution < -0.4 is 0 Å². The van der Waals surface area contributed by atoms with E-state index in [0.29, 0.717) is 11.2 Å². The number of rotatable bonds is 3. The van der Waals surface area contributed by atoms with Gasteiger partial charge in [-0.2, -0.15) is 0 Å². The van der Waals surface area contributed by atoms with E-state index in [2.05, 4.69) is 64.1 Å². The van der Waals surface area contributed by atoms with E-state index in [1.807, 2.05) is 11.8 Å². The van der Waals surface area contributed by atoms with Crippen LogP contribution in [0.25, 0.3) is 10.8 Å². The molecule has 0 radical (unpaired) electrons. The number of hydrogen-bond acceptors (Lipinski definition) is 1. The maximum atomic E-state index is 2.29. The normalized spacial score (nSPS) is 11.6. The topological polar surface area (TPSA) is 0 Å². The summed E-state index contributed by atoms with van der Waals surface area (Å²) >= 11 is 1.95. The summed E-state index contributed by atoms with van der Waals surface area (Å²) in [6, 6.07) is 13.3. The molecule has 0 bridgehead atoms. The van der Waals surface area contributed by atoms with Crippen molar-refractivity contribution in [2.24, 2.45) is 0 Å². The quantitative estimate of drug-likeness (QED) is 0.646. The van der Waals surface area contributed by atoms with Gasteiger partial charge >= 0.3 is 0 Å². The van der Waals surface area contributed by atoms with E-state index >= 15 is 0 Å². The lowest BCUT2D eigenvalue weighted by molar-refractivity contribution is 0.875. The van der Waals surface area contributed by atoms with Gasteiger partial charge in [0, 0.05) is 10.1 Å². The van der Waals surface area contributed by atoms with E-state index in [0.717, 1.165) is 0 Å². The molecule has 0 N–H and O–H groups in total. The molecule has 0 fully saturated rings. The minimum Gasteiger partial charge on any atom is -0.123 e. The van der Waals surface area contributed by atoms with Gasteiger partial charge in [0.25, 0.3) is 0 Å². The van der Waals surface area contributed by atoms with Crippen molar-refractivity contribution in [1.82, 2.24) is 0 Å². The number of thioether (sulfide) groups is 1. The van der Waals surface area contributed by atoms with Gasteiger partial charge in [-0.3, -0.25) is 0 Å². The van der Waals surface area contributed by atoms with Crippen LogP contribution in [0.5, 0.6) is 0 Å². The molecule has 1 heteroatoms. The van der Waals surface area contributed by atoms with Crippen LogP contribution in [-0.2, 0) is 0 Å². The molecule has 0 aromatic heterocycles. The molecule has 2 aromatic rings. The number of hydrogen-bond donors (Lipinski definition) is 0. The van der Waals surface area contributed by atoms with Crippen LogP contribution in [0.3, 0.4) is 0 Å². The molecule has 0 amide bonds. The third-order valence-electron chi connectivity index (χ3n) is 2.90. The SMILES string of the molecule is CC(C)Sc1ccc(C(C)C)c2ccccc12. The first-order valence-corrected chi connectivity index (χ1v) is 7.16. The lowest BCUT2D eigenvalue weighted by atomic mass is 9.96. The molecule has 0 spiro atoms. The first-order chi connectivity index (χ1) is 8.09. The van der Waals surface area contributed by atoms with Crippen molar-refractivity contribution in [3.8, 4) is 0 Å². The van der Waals surface area contributed by atoms with Gasteiger partial charge in [0.1, 0.15) is 0 Å². The van der Waals surface area contributed by atoms with Crippen molar-refractivity contribution < 1.29 is 0 Å². The Labute approximate surface area is 108 Å². The second-order valence-electron chi connectivity index (χ2n) is 5.02. The van der Waals surface area contributed by atoms with Crippen LogP contribution in [-0.4, -0.2) is 5.25 Å². The Kier molecular flexibility index (Phi) is 3.78. The van der Waals surface area contributed by atoms with Crippen molar-refractivity contribution in [2.45, 2.75) is 43.8 Å². The van der Waals surface area contributed by atoms with Crippen molar-refractivity contribution in [2.75, 3.05) is 0 Å². The summed E-state index contributed by atoms with van der Waals surface area (Å²) in [4.78, 5) is 1.40. The molecule has 0 nitrogen and oxygen atoms in total. The van der Waals surface area contributed by atoms with E-state index in [9.17, 15) is 0 Å². The Hall–Kier alpha value is -0.950. The molecule has 0 aliphatic heterocycles. The minimum absolute atomic E-state index is 0.581. The Bertz CT molecular complexity index is 512. The van der Waals surface area contributed by atoms with Crippen molar-refractivity contribution in [3.63, 3.8) is 0 Å². The zero-order valence-corrected chi connectivity index (χ0v) is 11.8. The highest BCUT2D eigenvalue weighted by molar-refractivity contribution is 8.00. The first kappa shape index (κ1) is 12.5. The van der Waals surface area contributed by atoms with E-state index < -0.39 is 0 Å². The summed E-state index contributed by atoms with van der Waals surface area (Å²) in [5, 5.41) is 3.44. The van der Waals surface area contributed by atoms with Gasteiger partial charge in [0.2, 0.25) is 0 Å². The first-order valence-electron chi connectivity index (χ1n) is 6.28. The predicted molar refractivity (Wildman–Crippen MR) is 79.0 cm³/mol. The molecular weight excluding hydrogens is 224 g/mol. The molecule has 0 aliphatic carbocycles. The monoisotopic (exact) mass is 244 g/mol. The van der Waals surface area contributed by atoms with Crippen molar-refractivity contribution in [1.29, 1.82) is 0 Å². The maximum Gasteiger partial charge on any atom is 0.0153 e.